The molecule has 0 aliphatic carbocycles. The highest BCUT2D eigenvalue weighted by atomic mass is 16.3. The van der Waals surface area contributed by atoms with Gasteiger partial charge in [0.2, 0.25) is 0 Å². The molecule has 4 aromatic heterocycles. The maximum Gasteiger partial charge on any atom is 0.257 e. The molecule has 0 saturated heterocycles. The molecule has 9 nitrogen and oxygen atoms in total. The van der Waals surface area contributed by atoms with Crippen LogP contribution in [0, 0.1) is 0 Å². The number of nitrogens with zero attached hydrogens (tertiary/aromatic N) is 6. The van der Waals surface area contributed by atoms with Crippen molar-refractivity contribution in [2.75, 3.05) is 5.32 Å². The number of carbonyl (C=O) groups excluding carboxylic acids is 1. The quantitative estimate of drug-likeness (QED) is 0.510. The van der Waals surface area contributed by atoms with Gasteiger partial charge in [-0.15, -0.1) is 10.2 Å². The van der Waals surface area contributed by atoms with E-state index in [1.807, 2.05) is 30.5 Å². The molecular formula is C20H15N7O2. The summed E-state index contributed by atoms with van der Waals surface area (Å²) >= 11 is 0. The first-order chi connectivity index (χ1) is 14.2. The highest BCUT2D eigenvalue weighted by Crippen LogP contribution is 2.35. The number of nitrogens with one attached hydrogen (secondary N) is 1. The second-order valence-corrected chi connectivity index (χ2v) is 6.40. The Balaban J connectivity index is 1.69. The molecule has 0 spiro atoms. The van der Waals surface area contributed by atoms with Gasteiger partial charge in [0.25, 0.3) is 5.91 Å². The number of benzene rings is 1. The Kier molecular flexibility index (Phi) is 3.91. The Hall–Kier alpha value is -4.27. The topological polar surface area (TPSA) is 103 Å². The van der Waals surface area contributed by atoms with Gasteiger partial charge in [0, 0.05) is 36.0 Å². The number of fused-ring (bicyclic) bond motifs is 1. The number of oxazole rings is 1. The average Bonchev–Trinajstić information content (AvgIpc) is 3.49. The van der Waals surface area contributed by atoms with Crippen LogP contribution >= 0.6 is 0 Å². The summed E-state index contributed by atoms with van der Waals surface area (Å²) < 4.78 is 8.92. The van der Waals surface area contributed by atoms with E-state index in [1.165, 1.54) is 6.39 Å². The molecule has 1 aromatic carbocycles. The number of anilines is 1. The Morgan fingerprint density at radius 3 is 2.93 bits per heavy atom. The molecule has 5 aromatic rings. The van der Waals surface area contributed by atoms with Gasteiger partial charge in [-0.3, -0.25) is 13.9 Å². The first-order valence-electron chi connectivity index (χ1n) is 8.82. The number of amides is 1. The van der Waals surface area contributed by atoms with Gasteiger partial charge in [0.15, 0.2) is 17.8 Å². The van der Waals surface area contributed by atoms with Crippen LogP contribution in [0.15, 0.2) is 72.1 Å². The first kappa shape index (κ1) is 16.9. The number of pyridine rings is 1. The molecule has 0 aliphatic rings. The molecule has 0 radical (unpaired) electrons. The van der Waals surface area contributed by atoms with Gasteiger partial charge in [-0.05, 0) is 23.8 Å². The summed E-state index contributed by atoms with van der Waals surface area (Å²) in [6.45, 7) is 0. The third-order valence-corrected chi connectivity index (χ3v) is 4.66. The molecule has 1 N–H and O–H groups in total. The molecule has 9 heteroatoms. The van der Waals surface area contributed by atoms with Crippen LogP contribution in [0.1, 0.15) is 10.4 Å². The summed E-state index contributed by atoms with van der Waals surface area (Å²) in [5.41, 5.74) is 3.45. The van der Waals surface area contributed by atoms with Gasteiger partial charge in [-0.2, -0.15) is 5.10 Å². The minimum Gasteiger partial charge on any atom is -0.443 e. The third-order valence-electron chi connectivity index (χ3n) is 4.66. The van der Waals surface area contributed by atoms with Crippen LogP contribution in [0.3, 0.4) is 0 Å². The molecule has 0 bridgehead atoms. The summed E-state index contributed by atoms with van der Waals surface area (Å²) in [4.78, 5) is 17.2. The van der Waals surface area contributed by atoms with Crippen molar-refractivity contribution in [3.05, 3.63) is 73.3 Å². The van der Waals surface area contributed by atoms with Crippen LogP contribution in [-0.2, 0) is 7.05 Å². The van der Waals surface area contributed by atoms with Crippen molar-refractivity contribution < 1.29 is 9.21 Å². The van der Waals surface area contributed by atoms with Crippen molar-refractivity contribution in [3.63, 3.8) is 0 Å². The molecule has 0 fully saturated rings. The summed E-state index contributed by atoms with van der Waals surface area (Å²) in [5.74, 6) is 0.904. The van der Waals surface area contributed by atoms with Crippen LogP contribution < -0.4 is 5.32 Å². The maximum atomic E-state index is 13.2. The Bertz CT molecular complexity index is 1320. The fourth-order valence-electron chi connectivity index (χ4n) is 3.26. The fraction of sp³-hybridized carbons (Fsp3) is 0.0500. The molecule has 0 aliphatic heterocycles. The predicted octanol–water partition coefficient (Wildman–Crippen LogP) is 3.04. The van der Waals surface area contributed by atoms with Gasteiger partial charge >= 0.3 is 0 Å². The normalized spacial score (nSPS) is 11.1. The van der Waals surface area contributed by atoms with Crippen molar-refractivity contribution in [2.45, 2.75) is 0 Å². The average molecular weight is 385 g/mol. The smallest absolute Gasteiger partial charge is 0.257 e. The summed E-state index contributed by atoms with van der Waals surface area (Å²) in [6, 6.07) is 11.0. The highest BCUT2D eigenvalue weighted by Gasteiger charge is 2.20. The zero-order valence-corrected chi connectivity index (χ0v) is 15.4. The van der Waals surface area contributed by atoms with Crippen molar-refractivity contribution >= 4 is 17.4 Å². The Labute approximate surface area is 164 Å². The lowest BCUT2D eigenvalue weighted by molar-refractivity contribution is 0.102. The van der Waals surface area contributed by atoms with Gasteiger partial charge in [0.05, 0.1) is 12.4 Å². The van der Waals surface area contributed by atoms with E-state index in [1.54, 1.807) is 47.0 Å². The van der Waals surface area contributed by atoms with Crippen molar-refractivity contribution in [1.29, 1.82) is 0 Å². The molecule has 29 heavy (non-hydrogen) atoms. The van der Waals surface area contributed by atoms with Crippen LogP contribution in [0.4, 0.5) is 5.82 Å². The number of aryl methyl sites for hydroxylation is 1. The van der Waals surface area contributed by atoms with Gasteiger partial charge in [-0.25, -0.2) is 4.98 Å². The predicted molar refractivity (Wildman–Crippen MR) is 105 cm³/mol. The van der Waals surface area contributed by atoms with E-state index in [-0.39, 0.29) is 5.91 Å². The molecular weight excluding hydrogens is 370 g/mol. The van der Waals surface area contributed by atoms with Crippen molar-refractivity contribution in [1.82, 2.24) is 29.4 Å². The highest BCUT2D eigenvalue weighted by molar-refractivity contribution is 6.10. The number of rotatable bonds is 4. The molecule has 4 heterocycles. The van der Waals surface area contributed by atoms with E-state index < -0.39 is 0 Å². The lowest BCUT2D eigenvalue weighted by Gasteiger charge is -2.14. The third kappa shape index (κ3) is 2.94. The number of hydrogen-bond donors (Lipinski definition) is 1. The summed E-state index contributed by atoms with van der Waals surface area (Å²) in [7, 11) is 1.76. The van der Waals surface area contributed by atoms with E-state index in [9.17, 15) is 4.79 Å². The first-order valence-corrected chi connectivity index (χ1v) is 8.82. The number of hydrogen-bond acceptors (Lipinski definition) is 6. The SMILES string of the molecule is Cn1nccc1NC(=O)c1cccc(-c2cnco2)c1-c1ccn2cnnc2c1. The largest absolute Gasteiger partial charge is 0.443 e. The monoisotopic (exact) mass is 385 g/mol. The fourth-order valence-corrected chi connectivity index (χ4v) is 3.26. The molecule has 0 unspecified atom stereocenters. The van der Waals surface area contributed by atoms with E-state index in [4.69, 9.17) is 4.42 Å². The van der Waals surface area contributed by atoms with Crippen LogP contribution in [-0.4, -0.2) is 35.3 Å². The lowest BCUT2D eigenvalue weighted by Crippen LogP contribution is -2.16. The number of carbonyl (C=O) groups is 1. The molecule has 5 rings (SSSR count). The molecule has 0 atom stereocenters. The van der Waals surface area contributed by atoms with E-state index in [2.05, 4.69) is 25.6 Å². The number of aromatic nitrogens is 6. The van der Waals surface area contributed by atoms with E-state index >= 15 is 0 Å². The Morgan fingerprint density at radius 2 is 2.14 bits per heavy atom. The minimum absolute atomic E-state index is 0.258. The molecule has 0 saturated carbocycles. The Morgan fingerprint density at radius 1 is 1.21 bits per heavy atom. The zero-order chi connectivity index (χ0) is 19.8. The zero-order valence-electron chi connectivity index (χ0n) is 15.4. The standard InChI is InChI=1S/C20H15N7O2/c1-26-17(5-7-23-26)24-20(28)15-4-2-3-14(16-10-21-12-29-16)19(15)13-6-8-27-11-22-25-18(27)9-13/h2-12H,1H3,(H,24,28). The van der Waals surface area contributed by atoms with E-state index in [0.29, 0.717) is 22.8 Å². The second kappa shape index (κ2) is 6.71. The van der Waals surface area contributed by atoms with Gasteiger partial charge < -0.3 is 9.73 Å². The second-order valence-electron chi connectivity index (χ2n) is 6.40. The van der Waals surface area contributed by atoms with Gasteiger partial charge in [0.1, 0.15) is 12.1 Å². The van der Waals surface area contributed by atoms with Crippen LogP contribution in [0.2, 0.25) is 0 Å². The van der Waals surface area contributed by atoms with Gasteiger partial charge in [-0.1, -0.05) is 12.1 Å². The summed E-state index contributed by atoms with van der Waals surface area (Å²) in [5, 5.41) is 15.0. The minimum atomic E-state index is -0.258. The summed E-state index contributed by atoms with van der Waals surface area (Å²) in [6.07, 6.45) is 8.09. The van der Waals surface area contributed by atoms with Crippen molar-refractivity contribution in [2.24, 2.45) is 7.05 Å². The van der Waals surface area contributed by atoms with Crippen molar-refractivity contribution in [3.8, 4) is 22.5 Å². The van der Waals surface area contributed by atoms with E-state index in [0.717, 1.165) is 16.7 Å². The van der Waals surface area contributed by atoms with Crippen LogP contribution in [0.5, 0.6) is 0 Å². The van der Waals surface area contributed by atoms with Crippen LogP contribution in [0.25, 0.3) is 28.1 Å². The maximum absolute atomic E-state index is 13.2. The molecule has 1 amide bonds. The molecule has 142 valence electrons. The lowest BCUT2D eigenvalue weighted by atomic mass is 9.93.